The van der Waals surface area contributed by atoms with E-state index < -0.39 is 5.41 Å². The van der Waals surface area contributed by atoms with Gasteiger partial charge in [0, 0.05) is 12.6 Å². The Bertz CT molecular complexity index is 481. The summed E-state index contributed by atoms with van der Waals surface area (Å²) in [5.74, 6) is -0.138. The van der Waals surface area contributed by atoms with E-state index in [1.165, 1.54) is 0 Å². The molecule has 0 aromatic heterocycles. The van der Waals surface area contributed by atoms with E-state index >= 15 is 0 Å². The van der Waals surface area contributed by atoms with Gasteiger partial charge in [0.2, 0.25) is 5.91 Å². The molecule has 0 bridgehead atoms. The van der Waals surface area contributed by atoms with Gasteiger partial charge in [0.25, 0.3) is 0 Å². The average Bonchev–Trinajstić information content (AvgIpc) is 2.35. The number of Topliss-reactive ketones (excluding diaryl/α,β-unsaturated/α-hetero) is 1. The molecule has 0 saturated heterocycles. The van der Waals surface area contributed by atoms with Gasteiger partial charge in [-0.2, -0.15) is 0 Å². The van der Waals surface area contributed by atoms with Crippen LogP contribution in [0.4, 0.5) is 5.69 Å². The number of fused-ring (bicyclic) bond motifs is 1. The molecule has 1 unspecified atom stereocenters. The van der Waals surface area contributed by atoms with Crippen LogP contribution in [0.25, 0.3) is 0 Å². The van der Waals surface area contributed by atoms with Crippen LogP contribution in [0.3, 0.4) is 0 Å². The Morgan fingerprint density at radius 3 is 2.53 bits per heavy atom. The maximum atomic E-state index is 12.4. The molecule has 1 aromatic rings. The number of rotatable bonds is 2. The molecule has 1 atom stereocenters. The number of hydrogen-bond acceptors (Lipinski definition) is 2. The topological polar surface area (TPSA) is 37.4 Å². The molecule has 3 heteroatoms. The number of nitrogens with zero attached hydrogens (tertiary/aromatic N) is 1. The first kappa shape index (κ1) is 11.8. The van der Waals surface area contributed by atoms with Crippen LogP contribution in [0, 0.1) is 5.41 Å². The van der Waals surface area contributed by atoms with Crippen molar-refractivity contribution in [2.45, 2.75) is 26.7 Å². The zero-order valence-electron chi connectivity index (χ0n) is 10.5. The van der Waals surface area contributed by atoms with E-state index in [1.54, 1.807) is 24.9 Å². The van der Waals surface area contributed by atoms with Crippen LogP contribution in [-0.2, 0) is 4.79 Å². The molecule has 17 heavy (non-hydrogen) atoms. The van der Waals surface area contributed by atoms with Crippen molar-refractivity contribution in [2.24, 2.45) is 5.41 Å². The van der Waals surface area contributed by atoms with Gasteiger partial charge >= 0.3 is 0 Å². The molecular formula is C14H17NO2. The molecule has 0 fully saturated rings. The lowest BCUT2D eigenvalue weighted by Crippen LogP contribution is -2.49. The highest BCUT2D eigenvalue weighted by molar-refractivity contribution is 6.24. The maximum Gasteiger partial charge on any atom is 0.240 e. The molecule has 0 radical (unpaired) electrons. The number of anilines is 1. The molecule has 2 rings (SSSR count). The van der Waals surface area contributed by atoms with Crippen molar-refractivity contribution >= 4 is 17.4 Å². The Hall–Kier alpha value is -1.64. The third kappa shape index (κ3) is 1.57. The second kappa shape index (κ2) is 3.99. The monoisotopic (exact) mass is 231 g/mol. The molecule has 1 aliphatic heterocycles. The molecule has 3 nitrogen and oxygen atoms in total. The molecule has 90 valence electrons. The van der Waals surface area contributed by atoms with E-state index in [2.05, 4.69) is 0 Å². The molecular weight excluding hydrogens is 214 g/mol. The number of amides is 1. The second-order valence-electron chi connectivity index (χ2n) is 4.79. The minimum atomic E-state index is -0.891. The van der Waals surface area contributed by atoms with Gasteiger partial charge in [0.05, 0.1) is 5.69 Å². The number of para-hydroxylation sites is 1. The van der Waals surface area contributed by atoms with E-state index in [4.69, 9.17) is 0 Å². The van der Waals surface area contributed by atoms with Crippen molar-refractivity contribution in [1.29, 1.82) is 0 Å². The molecule has 0 saturated carbocycles. The van der Waals surface area contributed by atoms with Gasteiger partial charge < -0.3 is 4.90 Å². The third-order valence-corrected chi connectivity index (χ3v) is 3.54. The van der Waals surface area contributed by atoms with Crippen LogP contribution in [-0.4, -0.2) is 18.7 Å². The first-order valence-corrected chi connectivity index (χ1v) is 5.94. The quantitative estimate of drug-likeness (QED) is 0.734. The van der Waals surface area contributed by atoms with Gasteiger partial charge in [-0.1, -0.05) is 25.5 Å². The van der Waals surface area contributed by atoms with Gasteiger partial charge in [-0.05, 0) is 25.5 Å². The molecule has 1 amide bonds. The zero-order valence-corrected chi connectivity index (χ0v) is 10.5. The molecule has 0 N–H and O–H groups in total. The van der Waals surface area contributed by atoms with Crippen LogP contribution in [0.2, 0.25) is 0 Å². The van der Waals surface area contributed by atoms with Crippen molar-refractivity contribution in [3.63, 3.8) is 0 Å². The van der Waals surface area contributed by atoms with Gasteiger partial charge in [-0.25, -0.2) is 0 Å². The Labute approximate surface area is 101 Å². The summed E-state index contributed by atoms with van der Waals surface area (Å²) in [7, 11) is 1.74. The maximum absolute atomic E-state index is 12.4. The van der Waals surface area contributed by atoms with Gasteiger partial charge in [-0.15, -0.1) is 0 Å². The standard InChI is InChI=1S/C14H17NO2/c1-4-9-14(2)12(16)10-7-5-6-8-11(10)15(3)13(14)17/h5-8H,4,9H2,1-3H3. The lowest BCUT2D eigenvalue weighted by atomic mass is 9.74. The van der Waals surface area contributed by atoms with E-state index in [1.807, 2.05) is 25.1 Å². The fourth-order valence-electron chi connectivity index (χ4n) is 2.55. The SMILES string of the molecule is CCCC1(C)C(=O)c2ccccc2N(C)C1=O. The predicted molar refractivity (Wildman–Crippen MR) is 67.2 cm³/mol. The van der Waals surface area contributed by atoms with E-state index in [-0.39, 0.29) is 11.7 Å². The summed E-state index contributed by atoms with van der Waals surface area (Å²) in [5.41, 5.74) is 0.485. The predicted octanol–water partition coefficient (Wildman–Crippen LogP) is 2.65. The minimum absolute atomic E-state index is 0.0435. The highest BCUT2D eigenvalue weighted by Crippen LogP contribution is 2.39. The fraction of sp³-hybridized carbons (Fsp3) is 0.429. The molecule has 1 aromatic carbocycles. The molecule has 0 spiro atoms. The molecule has 1 aliphatic rings. The summed E-state index contributed by atoms with van der Waals surface area (Å²) < 4.78 is 0. The highest BCUT2D eigenvalue weighted by Gasteiger charge is 2.47. The summed E-state index contributed by atoms with van der Waals surface area (Å²) in [6.07, 6.45) is 1.42. The summed E-state index contributed by atoms with van der Waals surface area (Å²) in [6.45, 7) is 3.75. The minimum Gasteiger partial charge on any atom is -0.314 e. The number of ketones is 1. The normalized spacial score (nSPS) is 23.8. The summed E-state index contributed by atoms with van der Waals surface area (Å²) in [6, 6.07) is 7.30. The van der Waals surface area contributed by atoms with Gasteiger partial charge in [0.15, 0.2) is 5.78 Å². The van der Waals surface area contributed by atoms with Crippen LogP contribution in [0.15, 0.2) is 24.3 Å². The summed E-state index contributed by atoms with van der Waals surface area (Å²) in [4.78, 5) is 26.4. The lowest BCUT2D eigenvalue weighted by Gasteiger charge is -2.37. The van der Waals surface area contributed by atoms with Crippen LogP contribution in [0.1, 0.15) is 37.0 Å². The Kier molecular flexibility index (Phi) is 2.77. The third-order valence-electron chi connectivity index (χ3n) is 3.54. The van der Waals surface area contributed by atoms with Crippen LogP contribution < -0.4 is 4.90 Å². The highest BCUT2D eigenvalue weighted by atomic mass is 16.2. The average molecular weight is 231 g/mol. The molecule has 1 heterocycles. The number of carbonyl (C=O) groups excluding carboxylic acids is 2. The first-order chi connectivity index (χ1) is 8.02. The zero-order chi connectivity index (χ0) is 12.6. The largest absolute Gasteiger partial charge is 0.314 e. The van der Waals surface area contributed by atoms with Crippen LogP contribution in [0.5, 0.6) is 0 Å². The van der Waals surface area contributed by atoms with Crippen molar-refractivity contribution in [1.82, 2.24) is 0 Å². The van der Waals surface area contributed by atoms with Gasteiger partial charge in [0.1, 0.15) is 5.41 Å². The smallest absolute Gasteiger partial charge is 0.240 e. The van der Waals surface area contributed by atoms with Crippen molar-refractivity contribution in [2.75, 3.05) is 11.9 Å². The molecule has 0 aliphatic carbocycles. The lowest BCUT2D eigenvalue weighted by molar-refractivity contribution is -0.125. The second-order valence-corrected chi connectivity index (χ2v) is 4.79. The van der Waals surface area contributed by atoms with Crippen molar-refractivity contribution in [3.05, 3.63) is 29.8 Å². The number of hydrogen-bond donors (Lipinski definition) is 0. The Balaban J connectivity index is 2.58. The van der Waals surface area contributed by atoms with E-state index in [0.29, 0.717) is 12.0 Å². The van der Waals surface area contributed by atoms with E-state index in [9.17, 15) is 9.59 Å². The number of benzene rings is 1. The summed E-state index contributed by atoms with van der Waals surface area (Å²) >= 11 is 0. The van der Waals surface area contributed by atoms with E-state index in [0.717, 1.165) is 12.1 Å². The number of carbonyl (C=O) groups is 2. The first-order valence-electron chi connectivity index (χ1n) is 5.94. The fourth-order valence-corrected chi connectivity index (χ4v) is 2.55. The Morgan fingerprint density at radius 1 is 1.24 bits per heavy atom. The van der Waals surface area contributed by atoms with Crippen LogP contribution >= 0.6 is 0 Å². The van der Waals surface area contributed by atoms with Crippen molar-refractivity contribution in [3.8, 4) is 0 Å². The summed E-state index contributed by atoms with van der Waals surface area (Å²) in [5, 5.41) is 0. The Morgan fingerprint density at radius 2 is 1.88 bits per heavy atom. The van der Waals surface area contributed by atoms with Gasteiger partial charge in [-0.3, -0.25) is 9.59 Å². The van der Waals surface area contributed by atoms with Crippen molar-refractivity contribution < 1.29 is 9.59 Å².